The quantitative estimate of drug-likeness (QED) is 0.180. The highest BCUT2D eigenvalue weighted by Gasteiger charge is 2.18. The van der Waals surface area contributed by atoms with Crippen LogP contribution in [0, 0.1) is 17.8 Å². The summed E-state index contributed by atoms with van der Waals surface area (Å²) in [7, 11) is 0. The maximum Gasteiger partial charge on any atom is 0.336 e. The molecule has 3 rings (SSSR count). The lowest BCUT2D eigenvalue weighted by Gasteiger charge is -2.22. The number of carbonyl (C=O) groups is 2. The summed E-state index contributed by atoms with van der Waals surface area (Å²) in [6.07, 6.45) is 6.78. The van der Waals surface area contributed by atoms with E-state index in [1.165, 1.54) is 6.07 Å². The number of rotatable bonds is 16. The van der Waals surface area contributed by atoms with Crippen molar-refractivity contribution in [1.82, 2.24) is 10.6 Å². The first-order valence-electron chi connectivity index (χ1n) is 13.8. The van der Waals surface area contributed by atoms with Gasteiger partial charge in [-0.05, 0) is 68.1 Å². The van der Waals surface area contributed by atoms with Crippen LogP contribution in [0.25, 0.3) is 21.9 Å². The number of carbonyl (C=O) groups excluding carboxylic acids is 2. The number of ether oxygens (including phenoxy) is 1. The maximum atomic E-state index is 12.3. The number of unbranched alkanes of at least 4 members (excludes halogenated alkanes) is 2. The highest BCUT2D eigenvalue weighted by Crippen LogP contribution is 2.35. The van der Waals surface area contributed by atoms with Gasteiger partial charge in [0, 0.05) is 42.8 Å². The van der Waals surface area contributed by atoms with Crippen molar-refractivity contribution in [2.45, 2.75) is 72.6 Å². The molecule has 208 valence electrons. The fraction of sp³-hybridized carbons (Fsp3) is 0.567. The number of benzene rings is 1. The Labute approximate surface area is 224 Å². The van der Waals surface area contributed by atoms with E-state index < -0.39 is 5.63 Å². The second kappa shape index (κ2) is 14.6. The topological polar surface area (TPSA) is 111 Å². The Morgan fingerprint density at radius 2 is 1.61 bits per heavy atom. The van der Waals surface area contributed by atoms with E-state index in [9.17, 15) is 14.4 Å². The van der Waals surface area contributed by atoms with Crippen LogP contribution >= 0.6 is 0 Å². The molecule has 0 aliphatic heterocycles. The van der Waals surface area contributed by atoms with E-state index >= 15 is 0 Å². The zero-order valence-corrected chi connectivity index (χ0v) is 23.1. The number of hydrogen-bond donors (Lipinski definition) is 2. The lowest BCUT2D eigenvalue weighted by Crippen LogP contribution is -2.28. The fourth-order valence-electron chi connectivity index (χ4n) is 4.62. The van der Waals surface area contributed by atoms with Crippen LogP contribution in [0.1, 0.15) is 72.6 Å². The Morgan fingerprint density at radius 1 is 0.895 bits per heavy atom. The highest BCUT2D eigenvalue weighted by atomic mass is 16.5. The van der Waals surface area contributed by atoms with Gasteiger partial charge in [-0.1, -0.05) is 27.7 Å². The van der Waals surface area contributed by atoms with Crippen LogP contribution in [0.5, 0.6) is 5.75 Å². The Balaban J connectivity index is 1.29. The number of amides is 2. The van der Waals surface area contributed by atoms with E-state index in [0.717, 1.165) is 36.5 Å². The third-order valence-corrected chi connectivity index (χ3v) is 6.74. The van der Waals surface area contributed by atoms with Gasteiger partial charge < -0.3 is 24.2 Å². The van der Waals surface area contributed by atoms with Gasteiger partial charge >= 0.3 is 5.63 Å². The van der Waals surface area contributed by atoms with E-state index in [0.29, 0.717) is 67.0 Å². The zero-order valence-electron chi connectivity index (χ0n) is 23.1. The van der Waals surface area contributed by atoms with Crippen molar-refractivity contribution in [2.75, 3.05) is 19.7 Å². The number of hydrogen-bond acceptors (Lipinski definition) is 6. The number of furan rings is 1. The average molecular weight is 527 g/mol. The summed E-state index contributed by atoms with van der Waals surface area (Å²) in [6, 6.07) is 6.76. The van der Waals surface area contributed by atoms with E-state index in [-0.39, 0.29) is 18.4 Å². The largest absolute Gasteiger partial charge is 0.486 e. The molecule has 2 aromatic heterocycles. The molecule has 0 bridgehead atoms. The summed E-state index contributed by atoms with van der Waals surface area (Å²) in [6.45, 7) is 10.3. The van der Waals surface area contributed by atoms with Crippen LogP contribution in [0.4, 0.5) is 0 Å². The number of nitrogens with one attached hydrogen (secondary N) is 2. The minimum absolute atomic E-state index is 0.0284. The van der Waals surface area contributed by atoms with Crippen molar-refractivity contribution in [3.63, 3.8) is 0 Å². The van der Waals surface area contributed by atoms with Crippen molar-refractivity contribution >= 4 is 33.8 Å². The van der Waals surface area contributed by atoms with Crippen molar-refractivity contribution < 1.29 is 23.2 Å². The van der Waals surface area contributed by atoms with Gasteiger partial charge in [-0.25, -0.2) is 4.79 Å². The molecule has 1 atom stereocenters. The molecule has 0 saturated heterocycles. The second-order valence-electron chi connectivity index (χ2n) is 10.8. The van der Waals surface area contributed by atoms with Gasteiger partial charge in [-0.15, -0.1) is 0 Å². The molecule has 0 radical (unpaired) electrons. The van der Waals surface area contributed by atoms with Crippen LogP contribution in [-0.4, -0.2) is 31.5 Å². The van der Waals surface area contributed by atoms with Crippen molar-refractivity contribution in [3.05, 3.63) is 40.9 Å². The summed E-state index contributed by atoms with van der Waals surface area (Å²) in [4.78, 5) is 36.2. The molecule has 1 unspecified atom stereocenters. The fourth-order valence-corrected chi connectivity index (χ4v) is 4.62. The van der Waals surface area contributed by atoms with Crippen LogP contribution in [0.15, 0.2) is 44.2 Å². The second-order valence-corrected chi connectivity index (χ2v) is 10.8. The molecular weight excluding hydrogens is 484 g/mol. The Morgan fingerprint density at radius 3 is 2.32 bits per heavy atom. The van der Waals surface area contributed by atoms with Crippen LogP contribution < -0.4 is 21.0 Å². The van der Waals surface area contributed by atoms with Crippen LogP contribution in [-0.2, 0) is 9.59 Å². The minimum atomic E-state index is -0.462. The standard InChI is InChI=1S/C30H42N2O6/c1-20(2)17-24(21(3)4)19-26(34)32-14-7-5-6-13-31-25(33)9-8-15-36-30-28-23(12-16-37-28)18-22-10-11-27(35)38-29(22)30/h10-12,16,18,20-21,24H,5-9,13-15,17,19H2,1-4H3,(H,31,33)(H,32,34). The minimum Gasteiger partial charge on any atom is -0.486 e. The van der Waals surface area contributed by atoms with Gasteiger partial charge in [-0.2, -0.15) is 0 Å². The third-order valence-electron chi connectivity index (χ3n) is 6.74. The van der Waals surface area contributed by atoms with Gasteiger partial charge in [-0.3, -0.25) is 9.59 Å². The molecular formula is C30H42N2O6. The van der Waals surface area contributed by atoms with E-state index in [1.807, 2.05) is 12.1 Å². The molecule has 0 spiro atoms. The van der Waals surface area contributed by atoms with E-state index in [4.69, 9.17) is 13.6 Å². The lowest BCUT2D eigenvalue weighted by molar-refractivity contribution is -0.122. The van der Waals surface area contributed by atoms with Crippen molar-refractivity contribution in [2.24, 2.45) is 17.8 Å². The SMILES string of the molecule is CC(C)CC(CC(=O)NCCCCCNC(=O)CCCOc1c2occc2cc2ccc(=O)oc12)C(C)C. The lowest BCUT2D eigenvalue weighted by atomic mass is 9.85. The zero-order chi connectivity index (χ0) is 27.5. The number of fused-ring (bicyclic) bond motifs is 2. The predicted octanol–water partition coefficient (Wildman–Crippen LogP) is 5.81. The summed E-state index contributed by atoms with van der Waals surface area (Å²) in [5, 5.41) is 7.58. The average Bonchev–Trinajstić information content (AvgIpc) is 3.33. The molecule has 38 heavy (non-hydrogen) atoms. The van der Waals surface area contributed by atoms with Gasteiger partial charge in [0.1, 0.15) is 0 Å². The molecule has 2 heterocycles. The molecule has 8 nitrogen and oxygen atoms in total. The van der Waals surface area contributed by atoms with Crippen LogP contribution in [0.3, 0.4) is 0 Å². The predicted molar refractivity (Wildman–Crippen MR) is 149 cm³/mol. The maximum absolute atomic E-state index is 12.3. The molecule has 0 aliphatic carbocycles. The monoisotopic (exact) mass is 526 g/mol. The third kappa shape index (κ3) is 8.92. The first-order chi connectivity index (χ1) is 18.2. The molecule has 2 N–H and O–H groups in total. The molecule has 0 fully saturated rings. The van der Waals surface area contributed by atoms with E-state index in [2.05, 4.69) is 38.3 Å². The molecule has 8 heteroatoms. The molecule has 2 amide bonds. The normalized spacial score (nSPS) is 12.4. The summed E-state index contributed by atoms with van der Waals surface area (Å²) >= 11 is 0. The smallest absolute Gasteiger partial charge is 0.336 e. The van der Waals surface area contributed by atoms with Crippen molar-refractivity contribution in [1.29, 1.82) is 0 Å². The summed E-state index contributed by atoms with van der Waals surface area (Å²) in [5.74, 6) is 2.02. The van der Waals surface area contributed by atoms with Gasteiger partial charge in [0.2, 0.25) is 17.6 Å². The Hall–Kier alpha value is -3.29. The molecule has 1 aromatic carbocycles. The first-order valence-corrected chi connectivity index (χ1v) is 13.8. The van der Waals surface area contributed by atoms with E-state index in [1.54, 1.807) is 12.3 Å². The molecule has 3 aromatic rings. The summed E-state index contributed by atoms with van der Waals surface area (Å²) in [5.41, 5.74) is 0.398. The summed E-state index contributed by atoms with van der Waals surface area (Å²) < 4.78 is 16.8. The molecule has 0 aliphatic rings. The van der Waals surface area contributed by atoms with Gasteiger partial charge in [0.05, 0.1) is 12.9 Å². The van der Waals surface area contributed by atoms with Gasteiger partial charge in [0.25, 0.3) is 0 Å². The van der Waals surface area contributed by atoms with Crippen molar-refractivity contribution in [3.8, 4) is 5.75 Å². The Kier molecular flexibility index (Phi) is 11.2. The van der Waals surface area contributed by atoms with Gasteiger partial charge in [0.15, 0.2) is 11.2 Å². The molecule has 0 saturated carbocycles. The highest BCUT2D eigenvalue weighted by molar-refractivity contribution is 5.99. The Bertz CT molecular complexity index is 1240. The van der Waals surface area contributed by atoms with Crippen LogP contribution in [0.2, 0.25) is 0 Å². The first kappa shape index (κ1) is 29.3.